The zero-order chi connectivity index (χ0) is 13.1. The lowest BCUT2D eigenvalue weighted by Gasteiger charge is -2.30. The summed E-state index contributed by atoms with van der Waals surface area (Å²) in [6, 6.07) is 8.14. The number of esters is 1. The van der Waals surface area contributed by atoms with E-state index >= 15 is 0 Å². The van der Waals surface area contributed by atoms with Crippen LogP contribution in [0.25, 0.3) is 0 Å². The molecule has 0 saturated heterocycles. The van der Waals surface area contributed by atoms with E-state index in [1.807, 2.05) is 33.0 Å². The molecular formula is C14H21NO2. The second-order valence-corrected chi connectivity index (χ2v) is 5.02. The van der Waals surface area contributed by atoms with Gasteiger partial charge in [-0.15, -0.1) is 0 Å². The summed E-state index contributed by atoms with van der Waals surface area (Å²) < 4.78 is 4.82. The van der Waals surface area contributed by atoms with Crippen LogP contribution < -0.4 is 4.90 Å². The molecule has 0 aliphatic rings. The van der Waals surface area contributed by atoms with E-state index in [2.05, 4.69) is 24.0 Å². The Bertz CT molecular complexity index is 399. The minimum absolute atomic E-state index is 0.182. The molecule has 1 rings (SSSR count). The number of methoxy groups -OCH3 is 1. The lowest BCUT2D eigenvalue weighted by molar-refractivity contribution is -0.150. The van der Waals surface area contributed by atoms with Crippen molar-refractivity contribution in [2.24, 2.45) is 5.41 Å². The highest BCUT2D eigenvalue weighted by Gasteiger charge is 2.30. The number of anilines is 1. The number of aryl methyl sites for hydroxylation is 1. The fourth-order valence-corrected chi connectivity index (χ4v) is 2.01. The van der Waals surface area contributed by atoms with Crippen molar-refractivity contribution >= 4 is 11.7 Å². The Morgan fingerprint density at radius 3 is 2.47 bits per heavy atom. The van der Waals surface area contributed by atoms with Crippen LogP contribution >= 0.6 is 0 Å². The summed E-state index contributed by atoms with van der Waals surface area (Å²) in [5.41, 5.74) is 1.84. The lowest BCUT2D eigenvalue weighted by atomic mass is 9.92. The van der Waals surface area contributed by atoms with Gasteiger partial charge in [-0.25, -0.2) is 0 Å². The highest BCUT2D eigenvalue weighted by Crippen LogP contribution is 2.24. The Kier molecular flexibility index (Phi) is 4.16. The Balaban J connectivity index is 2.83. The van der Waals surface area contributed by atoms with Crippen LogP contribution in [0.4, 0.5) is 5.69 Å². The largest absolute Gasteiger partial charge is 0.469 e. The monoisotopic (exact) mass is 235 g/mol. The first-order valence-electron chi connectivity index (χ1n) is 5.73. The van der Waals surface area contributed by atoms with E-state index in [1.165, 1.54) is 12.7 Å². The van der Waals surface area contributed by atoms with Gasteiger partial charge in [0.2, 0.25) is 0 Å². The standard InChI is InChI=1S/C14H21NO2/c1-11-8-6-7-9-12(11)15(4)10-14(2,3)13(16)17-5/h6-9H,10H2,1-5H3. The minimum atomic E-state index is -0.508. The predicted molar refractivity (Wildman–Crippen MR) is 70.2 cm³/mol. The molecule has 1 aromatic carbocycles. The second kappa shape index (κ2) is 5.21. The average molecular weight is 235 g/mol. The van der Waals surface area contributed by atoms with Gasteiger partial charge in [0.25, 0.3) is 0 Å². The molecule has 0 spiro atoms. The van der Waals surface area contributed by atoms with Gasteiger partial charge in [-0.3, -0.25) is 4.79 Å². The molecule has 0 atom stereocenters. The summed E-state index contributed by atoms with van der Waals surface area (Å²) in [6.07, 6.45) is 0. The highest BCUT2D eigenvalue weighted by atomic mass is 16.5. The number of hydrogen-bond donors (Lipinski definition) is 0. The molecule has 17 heavy (non-hydrogen) atoms. The molecule has 3 heteroatoms. The molecule has 0 fully saturated rings. The van der Waals surface area contributed by atoms with Crippen molar-refractivity contribution in [3.05, 3.63) is 29.8 Å². The number of carbonyl (C=O) groups is 1. The normalized spacial score (nSPS) is 11.1. The van der Waals surface area contributed by atoms with Crippen molar-refractivity contribution in [1.29, 1.82) is 0 Å². The summed E-state index contributed by atoms with van der Waals surface area (Å²) in [5, 5.41) is 0. The molecule has 0 aliphatic carbocycles. The van der Waals surface area contributed by atoms with Crippen LogP contribution in [0.3, 0.4) is 0 Å². The van der Waals surface area contributed by atoms with Crippen LogP contribution in [0.5, 0.6) is 0 Å². The van der Waals surface area contributed by atoms with Gasteiger partial charge >= 0.3 is 5.97 Å². The van der Waals surface area contributed by atoms with Crippen LogP contribution in [-0.4, -0.2) is 26.7 Å². The minimum Gasteiger partial charge on any atom is -0.469 e. The number of para-hydroxylation sites is 1. The van der Waals surface area contributed by atoms with Gasteiger partial charge in [0.1, 0.15) is 0 Å². The maximum atomic E-state index is 11.6. The quantitative estimate of drug-likeness (QED) is 0.751. The average Bonchev–Trinajstić information content (AvgIpc) is 2.27. The third kappa shape index (κ3) is 3.22. The fraction of sp³-hybridized carbons (Fsp3) is 0.500. The Hall–Kier alpha value is -1.51. The topological polar surface area (TPSA) is 29.5 Å². The molecule has 0 radical (unpaired) electrons. The predicted octanol–water partition coefficient (Wildman–Crippen LogP) is 2.63. The first-order chi connectivity index (χ1) is 7.88. The number of hydrogen-bond acceptors (Lipinski definition) is 3. The van der Waals surface area contributed by atoms with Crippen LogP contribution in [0.2, 0.25) is 0 Å². The van der Waals surface area contributed by atoms with Gasteiger partial charge in [0.15, 0.2) is 0 Å². The van der Waals surface area contributed by atoms with E-state index in [9.17, 15) is 4.79 Å². The van der Waals surface area contributed by atoms with E-state index < -0.39 is 5.41 Å². The zero-order valence-electron chi connectivity index (χ0n) is 11.3. The molecule has 0 saturated carbocycles. The molecule has 0 heterocycles. The van der Waals surface area contributed by atoms with Crippen molar-refractivity contribution in [2.75, 3.05) is 25.6 Å². The molecule has 0 amide bonds. The molecule has 1 aromatic rings. The van der Waals surface area contributed by atoms with E-state index in [-0.39, 0.29) is 5.97 Å². The smallest absolute Gasteiger partial charge is 0.313 e. The third-order valence-corrected chi connectivity index (χ3v) is 2.90. The number of ether oxygens (including phenoxy) is 1. The Labute approximate surface area is 103 Å². The summed E-state index contributed by atoms with van der Waals surface area (Å²) in [7, 11) is 3.42. The van der Waals surface area contributed by atoms with Crippen molar-refractivity contribution in [1.82, 2.24) is 0 Å². The van der Waals surface area contributed by atoms with Crippen molar-refractivity contribution in [2.45, 2.75) is 20.8 Å². The molecule has 0 aliphatic heterocycles. The Morgan fingerprint density at radius 2 is 1.94 bits per heavy atom. The lowest BCUT2D eigenvalue weighted by Crippen LogP contribution is -2.38. The van der Waals surface area contributed by atoms with Crippen molar-refractivity contribution in [3.8, 4) is 0 Å². The first-order valence-corrected chi connectivity index (χ1v) is 5.73. The second-order valence-electron chi connectivity index (χ2n) is 5.02. The van der Waals surface area contributed by atoms with Crippen molar-refractivity contribution in [3.63, 3.8) is 0 Å². The first kappa shape index (κ1) is 13.6. The summed E-state index contributed by atoms with van der Waals surface area (Å²) >= 11 is 0. The van der Waals surface area contributed by atoms with Gasteiger partial charge < -0.3 is 9.64 Å². The highest BCUT2D eigenvalue weighted by molar-refractivity contribution is 5.76. The van der Waals surface area contributed by atoms with Gasteiger partial charge in [0, 0.05) is 19.3 Å². The van der Waals surface area contributed by atoms with Gasteiger partial charge in [0.05, 0.1) is 12.5 Å². The van der Waals surface area contributed by atoms with Crippen LogP contribution in [0, 0.1) is 12.3 Å². The van der Waals surface area contributed by atoms with Gasteiger partial charge in [-0.05, 0) is 32.4 Å². The van der Waals surface area contributed by atoms with E-state index in [1.54, 1.807) is 0 Å². The summed E-state index contributed by atoms with van der Waals surface area (Å²) in [5.74, 6) is -0.182. The van der Waals surface area contributed by atoms with Gasteiger partial charge in [-0.1, -0.05) is 18.2 Å². The maximum absolute atomic E-state index is 11.6. The number of nitrogens with zero attached hydrogens (tertiary/aromatic N) is 1. The third-order valence-electron chi connectivity index (χ3n) is 2.90. The van der Waals surface area contributed by atoms with Crippen LogP contribution in [0.1, 0.15) is 19.4 Å². The number of carbonyl (C=O) groups excluding carboxylic acids is 1. The Morgan fingerprint density at radius 1 is 1.35 bits per heavy atom. The number of rotatable bonds is 4. The SMILES string of the molecule is COC(=O)C(C)(C)CN(C)c1ccccc1C. The van der Waals surface area contributed by atoms with E-state index in [0.29, 0.717) is 6.54 Å². The molecule has 0 bridgehead atoms. The van der Waals surface area contributed by atoms with Crippen molar-refractivity contribution < 1.29 is 9.53 Å². The summed E-state index contributed by atoms with van der Waals surface area (Å²) in [4.78, 5) is 13.7. The van der Waals surface area contributed by atoms with E-state index in [0.717, 1.165) is 5.69 Å². The summed E-state index contributed by atoms with van der Waals surface area (Å²) in [6.45, 7) is 6.49. The molecule has 94 valence electrons. The fourth-order valence-electron chi connectivity index (χ4n) is 2.01. The molecular weight excluding hydrogens is 214 g/mol. The van der Waals surface area contributed by atoms with E-state index in [4.69, 9.17) is 4.74 Å². The molecule has 0 unspecified atom stereocenters. The maximum Gasteiger partial charge on any atom is 0.313 e. The number of benzene rings is 1. The van der Waals surface area contributed by atoms with Gasteiger partial charge in [-0.2, -0.15) is 0 Å². The zero-order valence-corrected chi connectivity index (χ0v) is 11.3. The molecule has 3 nitrogen and oxygen atoms in total. The van der Waals surface area contributed by atoms with Crippen LogP contribution in [0.15, 0.2) is 24.3 Å². The molecule has 0 N–H and O–H groups in total. The molecule has 0 aromatic heterocycles. The van der Waals surface area contributed by atoms with Crippen LogP contribution in [-0.2, 0) is 9.53 Å².